The van der Waals surface area contributed by atoms with Gasteiger partial charge >= 0.3 is 0 Å². The van der Waals surface area contributed by atoms with Gasteiger partial charge in [0.2, 0.25) is 0 Å². The molecule has 0 spiro atoms. The number of amides is 1. The highest BCUT2D eigenvalue weighted by Gasteiger charge is 2.22. The molecule has 1 amide bonds. The summed E-state index contributed by atoms with van der Waals surface area (Å²) in [4.78, 5) is 21.3. The molecule has 1 saturated heterocycles. The van der Waals surface area contributed by atoms with Crippen LogP contribution in [0.2, 0.25) is 5.02 Å². The van der Waals surface area contributed by atoms with E-state index in [4.69, 9.17) is 11.6 Å². The van der Waals surface area contributed by atoms with E-state index in [0.717, 1.165) is 53.3 Å². The van der Waals surface area contributed by atoms with Gasteiger partial charge in [0, 0.05) is 47.2 Å². The minimum atomic E-state index is 0.0550. The second-order valence-corrected chi connectivity index (χ2v) is 8.74. The van der Waals surface area contributed by atoms with Gasteiger partial charge in [0.05, 0.1) is 10.4 Å². The summed E-state index contributed by atoms with van der Waals surface area (Å²) in [6.07, 6.45) is 3.75. The molecule has 0 aliphatic carbocycles. The van der Waals surface area contributed by atoms with E-state index in [9.17, 15) is 4.79 Å². The van der Waals surface area contributed by atoms with Crippen LogP contribution < -0.4 is 5.32 Å². The lowest BCUT2D eigenvalue weighted by Gasteiger charge is -2.32. The lowest BCUT2D eigenvalue weighted by atomic mass is 10.0. The average Bonchev–Trinajstić information content (AvgIpc) is 3.12. The second-order valence-electron chi connectivity index (χ2n) is 7.04. The van der Waals surface area contributed by atoms with Crippen molar-refractivity contribution in [3.63, 3.8) is 0 Å². The number of aryl methyl sites for hydroxylation is 1. The topological polar surface area (TPSA) is 45.2 Å². The standard InChI is InChI=1S/C21H22ClN3OS/c1-14-4-7-19(27-14)21(26)24-16-8-11-25(12-9-16)13-15-5-6-18(22)17-3-2-10-23-20(15)17/h2-7,10,16H,8-9,11-13H2,1H3,(H,24,26). The largest absolute Gasteiger partial charge is 0.349 e. The van der Waals surface area contributed by atoms with Crippen LogP contribution >= 0.6 is 22.9 Å². The summed E-state index contributed by atoms with van der Waals surface area (Å²) < 4.78 is 0. The van der Waals surface area contributed by atoms with Crippen LogP contribution in [0.1, 0.15) is 33.0 Å². The first kappa shape index (κ1) is 18.4. The molecule has 6 heteroatoms. The van der Waals surface area contributed by atoms with Crippen molar-refractivity contribution in [2.45, 2.75) is 32.4 Å². The molecular formula is C21H22ClN3OS. The van der Waals surface area contributed by atoms with Crippen molar-refractivity contribution in [3.05, 3.63) is 62.9 Å². The van der Waals surface area contributed by atoms with Gasteiger partial charge < -0.3 is 5.32 Å². The normalized spacial score (nSPS) is 15.9. The van der Waals surface area contributed by atoms with Crippen LogP contribution in [0, 0.1) is 6.92 Å². The molecule has 2 aromatic heterocycles. The number of fused-ring (bicyclic) bond motifs is 1. The van der Waals surface area contributed by atoms with Gasteiger partial charge in [-0.25, -0.2) is 0 Å². The van der Waals surface area contributed by atoms with E-state index in [1.54, 1.807) is 11.3 Å². The first-order chi connectivity index (χ1) is 13.1. The van der Waals surface area contributed by atoms with Crippen molar-refractivity contribution in [1.29, 1.82) is 0 Å². The SMILES string of the molecule is Cc1ccc(C(=O)NC2CCN(Cc3ccc(Cl)c4cccnc34)CC2)s1. The van der Waals surface area contributed by atoms with Crippen LogP contribution in [0.15, 0.2) is 42.6 Å². The van der Waals surface area contributed by atoms with Gasteiger partial charge in [0.25, 0.3) is 5.91 Å². The second kappa shape index (κ2) is 7.97. The maximum absolute atomic E-state index is 12.3. The summed E-state index contributed by atoms with van der Waals surface area (Å²) in [7, 11) is 0. The van der Waals surface area contributed by atoms with Crippen LogP contribution in [0.4, 0.5) is 0 Å². The molecule has 0 bridgehead atoms. The van der Waals surface area contributed by atoms with E-state index in [1.165, 1.54) is 10.4 Å². The van der Waals surface area contributed by atoms with Crippen molar-refractivity contribution in [2.24, 2.45) is 0 Å². The Morgan fingerprint density at radius 1 is 1.26 bits per heavy atom. The highest BCUT2D eigenvalue weighted by Crippen LogP contribution is 2.26. The summed E-state index contributed by atoms with van der Waals surface area (Å²) in [5, 5.41) is 4.93. The van der Waals surface area contributed by atoms with Crippen LogP contribution in [-0.4, -0.2) is 34.9 Å². The summed E-state index contributed by atoms with van der Waals surface area (Å²) >= 11 is 7.85. The van der Waals surface area contributed by atoms with E-state index in [1.807, 2.05) is 43.5 Å². The van der Waals surface area contributed by atoms with Crippen molar-refractivity contribution in [1.82, 2.24) is 15.2 Å². The molecule has 0 saturated carbocycles. The molecule has 27 heavy (non-hydrogen) atoms. The van der Waals surface area contributed by atoms with E-state index < -0.39 is 0 Å². The van der Waals surface area contributed by atoms with Gasteiger partial charge in [-0.15, -0.1) is 11.3 Å². The van der Waals surface area contributed by atoms with Gasteiger partial charge in [-0.2, -0.15) is 0 Å². The Morgan fingerprint density at radius 2 is 2.07 bits per heavy atom. The maximum Gasteiger partial charge on any atom is 0.261 e. The number of hydrogen-bond acceptors (Lipinski definition) is 4. The van der Waals surface area contributed by atoms with Gasteiger partial charge in [-0.3, -0.25) is 14.7 Å². The van der Waals surface area contributed by atoms with Gasteiger partial charge in [0.1, 0.15) is 0 Å². The number of carbonyl (C=O) groups is 1. The number of rotatable bonds is 4. The third-order valence-electron chi connectivity index (χ3n) is 5.08. The lowest BCUT2D eigenvalue weighted by molar-refractivity contribution is 0.0913. The zero-order chi connectivity index (χ0) is 18.8. The molecule has 1 fully saturated rings. The quantitative estimate of drug-likeness (QED) is 0.694. The first-order valence-electron chi connectivity index (χ1n) is 9.22. The fourth-order valence-electron chi connectivity index (χ4n) is 3.61. The molecular weight excluding hydrogens is 378 g/mol. The lowest BCUT2D eigenvalue weighted by Crippen LogP contribution is -2.44. The summed E-state index contributed by atoms with van der Waals surface area (Å²) in [5.74, 6) is 0.0550. The Bertz CT molecular complexity index is 963. The van der Waals surface area contributed by atoms with Crippen LogP contribution in [0.3, 0.4) is 0 Å². The number of hydrogen-bond donors (Lipinski definition) is 1. The summed E-state index contributed by atoms with van der Waals surface area (Å²) in [5.41, 5.74) is 2.18. The van der Waals surface area contributed by atoms with Crippen LogP contribution in [0.5, 0.6) is 0 Å². The zero-order valence-electron chi connectivity index (χ0n) is 15.2. The number of piperidine rings is 1. The van der Waals surface area contributed by atoms with Crippen molar-refractivity contribution in [3.8, 4) is 0 Å². The smallest absolute Gasteiger partial charge is 0.261 e. The third-order valence-corrected chi connectivity index (χ3v) is 6.41. The number of carbonyl (C=O) groups excluding carboxylic acids is 1. The van der Waals surface area contributed by atoms with E-state index in [2.05, 4.69) is 21.3 Å². The Hall–Kier alpha value is -1.95. The number of pyridine rings is 1. The molecule has 140 valence electrons. The van der Waals surface area contributed by atoms with E-state index in [-0.39, 0.29) is 11.9 Å². The predicted molar refractivity (Wildman–Crippen MR) is 112 cm³/mol. The highest BCUT2D eigenvalue weighted by atomic mass is 35.5. The van der Waals surface area contributed by atoms with Gasteiger partial charge in [0.15, 0.2) is 0 Å². The van der Waals surface area contributed by atoms with Crippen molar-refractivity contribution >= 4 is 39.7 Å². The number of nitrogens with one attached hydrogen (secondary N) is 1. The fourth-order valence-corrected chi connectivity index (χ4v) is 4.60. The molecule has 4 rings (SSSR count). The molecule has 1 aliphatic heterocycles. The molecule has 1 N–H and O–H groups in total. The molecule has 4 nitrogen and oxygen atoms in total. The predicted octanol–water partition coefficient (Wildman–Crippen LogP) is 4.65. The van der Waals surface area contributed by atoms with Crippen LogP contribution in [-0.2, 0) is 6.54 Å². The molecule has 1 aliphatic rings. The summed E-state index contributed by atoms with van der Waals surface area (Å²) in [6.45, 7) is 4.81. The number of thiophene rings is 1. The molecule has 0 atom stereocenters. The zero-order valence-corrected chi connectivity index (χ0v) is 16.8. The molecule has 0 radical (unpaired) electrons. The van der Waals surface area contributed by atoms with Crippen molar-refractivity contribution < 1.29 is 4.79 Å². The highest BCUT2D eigenvalue weighted by molar-refractivity contribution is 7.13. The number of nitrogens with zero attached hydrogens (tertiary/aromatic N) is 2. The monoisotopic (exact) mass is 399 g/mol. The number of benzene rings is 1. The molecule has 3 aromatic rings. The summed E-state index contributed by atoms with van der Waals surface area (Å²) in [6, 6.07) is 12.1. The maximum atomic E-state index is 12.3. The average molecular weight is 400 g/mol. The van der Waals surface area contributed by atoms with Gasteiger partial charge in [-0.1, -0.05) is 17.7 Å². The van der Waals surface area contributed by atoms with Crippen LogP contribution in [0.25, 0.3) is 10.9 Å². The Kier molecular flexibility index (Phi) is 5.43. The Balaban J connectivity index is 1.36. The number of aromatic nitrogens is 1. The van der Waals surface area contributed by atoms with Gasteiger partial charge in [-0.05, 0) is 55.7 Å². The minimum absolute atomic E-state index is 0.0550. The molecule has 0 unspecified atom stereocenters. The Labute approximate surface area is 168 Å². The Morgan fingerprint density at radius 3 is 2.81 bits per heavy atom. The minimum Gasteiger partial charge on any atom is -0.349 e. The first-order valence-corrected chi connectivity index (χ1v) is 10.4. The molecule has 3 heterocycles. The van der Waals surface area contributed by atoms with E-state index in [0.29, 0.717) is 0 Å². The van der Waals surface area contributed by atoms with Crippen molar-refractivity contribution in [2.75, 3.05) is 13.1 Å². The third kappa shape index (κ3) is 4.15. The fraction of sp³-hybridized carbons (Fsp3) is 0.333. The number of halogens is 1. The van der Waals surface area contributed by atoms with E-state index >= 15 is 0 Å². The number of likely N-dealkylation sites (tertiary alicyclic amines) is 1. The molecule has 1 aromatic carbocycles.